The molecule has 0 spiro atoms. The highest BCUT2D eigenvalue weighted by atomic mass is 19.1. The number of carbonyl (C=O) groups is 2. The zero-order chi connectivity index (χ0) is 15.3. The summed E-state index contributed by atoms with van der Waals surface area (Å²) in [5.41, 5.74) is 0.356. The van der Waals surface area contributed by atoms with E-state index < -0.39 is 23.7 Å². The van der Waals surface area contributed by atoms with Gasteiger partial charge in [-0.2, -0.15) is 0 Å². The van der Waals surface area contributed by atoms with Crippen molar-refractivity contribution in [2.24, 2.45) is 5.92 Å². The molecular formula is C15H16F2N2O2. The summed E-state index contributed by atoms with van der Waals surface area (Å²) in [7, 11) is 0. The molecule has 3 rings (SSSR count). The fraction of sp³-hybridized carbons (Fsp3) is 0.467. The van der Waals surface area contributed by atoms with Gasteiger partial charge in [-0.3, -0.25) is 9.69 Å². The third-order valence-electron chi connectivity index (χ3n) is 4.12. The van der Waals surface area contributed by atoms with Crippen LogP contribution in [0, 0.1) is 17.6 Å². The number of urea groups is 1. The molecule has 0 unspecified atom stereocenters. The van der Waals surface area contributed by atoms with Gasteiger partial charge in [0.15, 0.2) is 0 Å². The first kappa shape index (κ1) is 14.0. The molecule has 1 N–H and O–H groups in total. The van der Waals surface area contributed by atoms with Gasteiger partial charge >= 0.3 is 6.03 Å². The van der Waals surface area contributed by atoms with E-state index in [1.807, 2.05) is 13.8 Å². The summed E-state index contributed by atoms with van der Waals surface area (Å²) in [5, 5.41) is 2.65. The average molecular weight is 294 g/mol. The third kappa shape index (κ3) is 2.28. The normalized spacial score (nSPS) is 28.2. The minimum Gasteiger partial charge on any atom is -0.326 e. The van der Waals surface area contributed by atoms with Crippen molar-refractivity contribution < 1.29 is 18.4 Å². The number of carbonyl (C=O) groups excluding carboxylic acids is 2. The number of nitrogens with zero attached hydrogens (tertiary/aromatic N) is 1. The zero-order valence-corrected chi connectivity index (χ0v) is 11.8. The van der Waals surface area contributed by atoms with Crippen molar-refractivity contribution >= 4 is 11.9 Å². The number of imide groups is 1. The molecule has 1 aromatic carbocycles. The van der Waals surface area contributed by atoms with Crippen LogP contribution in [0.1, 0.15) is 31.7 Å². The predicted molar refractivity (Wildman–Crippen MR) is 71.5 cm³/mol. The average Bonchev–Trinajstić information content (AvgIpc) is 3.09. The molecule has 1 aliphatic heterocycles. The molecule has 1 saturated heterocycles. The Hall–Kier alpha value is -1.98. The van der Waals surface area contributed by atoms with Crippen molar-refractivity contribution in [2.45, 2.75) is 38.3 Å². The molecular weight excluding hydrogens is 278 g/mol. The Morgan fingerprint density at radius 3 is 2.57 bits per heavy atom. The summed E-state index contributed by atoms with van der Waals surface area (Å²) in [6.07, 6.45) is 0.520. The van der Waals surface area contributed by atoms with Gasteiger partial charge in [0.2, 0.25) is 0 Å². The van der Waals surface area contributed by atoms with Crippen LogP contribution in [0.5, 0.6) is 0 Å². The van der Waals surface area contributed by atoms with Gasteiger partial charge in [0.05, 0.1) is 0 Å². The molecule has 1 heterocycles. The van der Waals surface area contributed by atoms with Gasteiger partial charge in [0.1, 0.15) is 17.7 Å². The van der Waals surface area contributed by atoms with Gasteiger partial charge in [-0.1, -0.05) is 19.9 Å². The monoisotopic (exact) mass is 294 g/mol. The Morgan fingerprint density at radius 2 is 2.00 bits per heavy atom. The summed E-state index contributed by atoms with van der Waals surface area (Å²) in [6, 6.07) is 2.13. The molecule has 1 aliphatic carbocycles. The molecule has 1 aromatic rings. The van der Waals surface area contributed by atoms with E-state index in [2.05, 4.69) is 5.32 Å². The predicted octanol–water partition coefficient (Wildman–Crippen LogP) is 2.40. The van der Waals surface area contributed by atoms with Crippen LogP contribution in [-0.2, 0) is 4.79 Å². The molecule has 3 atom stereocenters. The molecule has 0 aromatic heterocycles. The molecule has 4 nitrogen and oxygen atoms in total. The van der Waals surface area contributed by atoms with Gasteiger partial charge in [0.25, 0.3) is 5.91 Å². The van der Waals surface area contributed by atoms with Crippen LogP contribution in [0.25, 0.3) is 0 Å². The number of benzene rings is 1. The summed E-state index contributed by atoms with van der Waals surface area (Å²) in [4.78, 5) is 25.4. The molecule has 0 bridgehead atoms. The van der Waals surface area contributed by atoms with E-state index in [1.165, 1.54) is 17.0 Å². The first-order valence-electron chi connectivity index (χ1n) is 6.98. The lowest BCUT2D eigenvalue weighted by atomic mass is 10.0. The van der Waals surface area contributed by atoms with Crippen LogP contribution in [0.4, 0.5) is 13.6 Å². The molecule has 112 valence electrons. The summed E-state index contributed by atoms with van der Waals surface area (Å²) in [5.74, 6) is -1.76. The van der Waals surface area contributed by atoms with Crippen LogP contribution >= 0.6 is 0 Å². The second kappa shape index (κ2) is 4.79. The Labute approximate surface area is 121 Å². The van der Waals surface area contributed by atoms with Crippen molar-refractivity contribution in [3.8, 4) is 0 Å². The number of hydrogen-bond donors (Lipinski definition) is 1. The van der Waals surface area contributed by atoms with Crippen LogP contribution in [0.15, 0.2) is 18.2 Å². The molecule has 3 amide bonds. The SMILES string of the molecule is CC(C)[C@@H]1NC(=O)N([C@@H]2C[C@@H]2c2ccc(F)cc2F)C1=O. The first-order chi connectivity index (χ1) is 9.90. The van der Waals surface area contributed by atoms with E-state index in [4.69, 9.17) is 0 Å². The van der Waals surface area contributed by atoms with Crippen LogP contribution in [-0.4, -0.2) is 28.9 Å². The van der Waals surface area contributed by atoms with E-state index in [0.717, 1.165) is 6.07 Å². The van der Waals surface area contributed by atoms with Crippen LogP contribution in [0.3, 0.4) is 0 Å². The lowest BCUT2D eigenvalue weighted by molar-refractivity contribution is -0.128. The smallest absolute Gasteiger partial charge is 0.325 e. The fourth-order valence-electron chi connectivity index (χ4n) is 2.88. The standard InChI is InChI=1S/C15H16F2N2O2/c1-7(2)13-14(20)19(15(21)18-13)12-6-10(12)9-4-3-8(16)5-11(9)17/h3-5,7,10,12-13H,6H2,1-2H3,(H,18,21)/t10-,12-,13+/m1/s1. The lowest BCUT2D eigenvalue weighted by Gasteiger charge is -2.14. The zero-order valence-electron chi connectivity index (χ0n) is 11.8. The number of amides is 3. The molecule has 6 heteroatoms. The van der Waals surface area contributed by atoms with Gasteiger partial charge in [-0.15, -0.1) is 0 Å². The van der Waals surface area contributed by atoms with Crippen molar-refractivity contribution in [3.63, 3.8) is 0 Å². The maximum absolute atomic E-state index is 13.8. The van der Waals surface area contributed by atoms with Crippen molar-refractivity contribution in [3.05, 3.63) is 35.4 Å². The van der Waals surface area contributed by atoms with Crippen LogP contribution < -0.4 is 5.32 Å². The highest BCUT2D eigenvalue weighted by Crippen LogP contribution is 2.46. The molecule has 0 radical (unpaired) electrons. The minimum atomic E-state index is -0.636. The van der Waals surface area contributed by atoms with Crippen molar-refractivity contribution in [1.82, 2.24) is 10.2 Å². The number of halogens is 2. The third-order valence-corrected chi connectivity index (χ3v) is 4.12. The topological polar surface area (TPSA) is 49.4 Å². The summed E-state index contributed by atoms with van der Waals surface area (Å²) in [6.45, 7) is 3.72. The Kier molecular flexibility index (Phi) is 3.19. The number of nitrogens with one attached hydrogen (secondary N) is 1. The van der Waals surface area contributed by atoms with Gasteiger partial charge in [0, 0.05) is 18.0 Å². The maximum atomic E-state index is 13.8. The largest absolute Gasteiger partial charge is 0.326 e. The molecule has 21 heavy (non-hydrogen) atoms. The van der Waals surface area contributed by atoms with Gasteiger partial charge < -0.3 is 5.32 Å². The van der Waals surface area contributed by atoms with Crippen molar-refractivity contribution in [2.75, 3.05) is 0 Å². The Balaban J connectivity index is 1.79. The van der Waals surface area contributed by atoms with Crippen LogP contribution in [0.2, 0.25) is 0 Å². The Morgan fingerprint density at radius 1 is 1.29 bits per heavy atom. The summed E-state index contributed by atoms with van der Waals surface area (Å²) >= 11 is 0. The van der Waals surface area contributed by atoms with Gasteiger partial charge in [-0.25, -0.2) is 13.6 Å². The second-order valence-electron chi connectivity index (χ2n) is 5.95. The van der Waals surface area contributed by atoms with E-state index in [-0.39, 0.29) is 23.8 Å². The van der Waals surface area contributed by atoms with E-state index >= 15 is 0 Å². The minimum absolute atomic E-state index is 0.00575. The molecule has 1 saturated carbocycles. The van der Waals surface area contributed by atoms with E-state index in [9.17, 15) is 18.4 Å². The second-order valence-corrected chi connectivity index (χ2v) is 5.95. The quantitative estimate of drug-likeness (QED) is 0.870. The highest BCUT2D eigenvalue weighted by Gasteiger charge is 2.53. The summed E-state index contributed by atoms with van der Waals surface area (Å²) < 4.78 is 26.7. The molecule has 2 fully saturated rings. The maximum Gasteiger partial charge on any atom is 0.325 e. The number of hydrogen-bond acceptors (Lipinski definition) is 2. The lowest BCUT2D eigenvalue weighted by Crippen LogP contribution is -2.36. The number of rotatable bonds is 3. The van der Waals surface area contributed by atoms with E-state index in [0.29, 0.717) is 12.0 Å². The highest BCUT2D eigenvalue weighted by molar-refractivity contribution is 6.05. The fourth-order valence-corrected chi connectivity index (χ4v) is 2.88. The van der Waals surface area contributed by atoms with Gasteiger partial charge in [-0.05, 0) is 24.0 Å². The first-order valence-corrected chi connectivity index (χ1v) is 6.98. The van der Waals surface area contributed by atoms with E-state index in [1.54, 1.807) is 0 Å². The Bertz CT molecular complexity index is 618. The molecule has 2 aliphatic rings. The van der Waals surface area contributed by atoms with Crippen molar-refractivity contribution in [1.29, 1.82) is 0 Å².